The molecule has 44 heavy (non-hydrogen) atoms. The number of halogens is 1. The van der Waals surface area contributed by atoms with Gasteiger partial charge in [0, 0.05) is 29.9 Å². The number of anilines is 1. The molecule has 0 unspecified atom stereocenters. The second-order valence-electron chi connectivity index (χ2n) is 12.2. The number of pyridine rings is 1. The van der Waals surface area contributed by atoms with Gasteiger partial charge in [0.1, 0.15) is 29.8 Å². The van der Waals surface area contributed by atoms with Crippen LogP contribution in [0.4, 0.5) is 10.2 Å². The Morgan fingerprint density at radius 3 is 2.61 bits per heavy atom. The van der Waals surface area contributed by atoms with Crippen LogP contribution >= 0.6 is 0 Å². The highest BCUT2D eigenvalue weighted by Gasteiger charge is 2.48. The highest BCUT2D eigenvalue weighted by atomic mass is 28.3. The lowest BCUT2D eigenvalue weighted by Gasteiger charge is -2.27. The molecule has 0 N–H and O–H groups in total. The van der Waals surface area contributed by atoms with Crippen LogP contribution in [0.15, 0.2) is 42.6 Å². The van der Waals surface area contributed by atoms with E-state index in [1.54, 1.807) is 55.9 Å². The van der Waals surface area contributed by atoms with Crippen molar-refractivity contribution in [3.63, 3.8) is 0 Å². The second kappa shape index (κ2) is 12.3. The predicted octanol–water partition coefficient (Wildman–Crippen LogP) is 4.93. The maximum Gasteiger partial charge on any atom is 0.384 e. The SMILES string of the molecule is CCOC(=O)C#Cc1nc(-c2nn(Cc3ccccc3F)c3ncccc23)nc2c1C(C)(C)C(=O)N2COCC[Si-](C)(C)C. The van der Waals surface area contributed by atoms with Gasteiger partial charge in [-0.25, -0.2) is 28.8 Å². The van der Waals surface area contributed by atoms with Gasteiger partial charge in [0.15, 0.2) is 11.5 Å². The van der Waals surface area contributed by atoms with Crippen molar-refractivity contribution < 1.29 is 23.5 Å². The number of ether oxygens (including phenoxy) is 2. The third-order valence-electron chi connectivity index (χ3n) is 7.32. The fraction of sp³-hybridized carbons (Fsp3) is 0.375. The molecule has 10 nitrogen and oxygen atoms in total. The first-order valence-electron chi connectivity index (χ1n) is 14.5. The first-order valence-corrected chi connectivity index (χ1v) is 18.2. The summed E-state index contributed by atoms with van der Waals surface area (Å²) in [5, 5.41) is 5.40. The lowest BCUT2D eigenvalue weighted by atomic mass is 9.85. The van der Waals surface area contributed by atoms with Crippen LogP contribution < -0.4 is 4.90 Å². The summed E-state index contributed by atoms with van der Waals surface area (Å²) in [6.45, 7) is 12.8. The minimum Gasteiger partial charge on any atom is -0.456 e. The van der Waals surface area contributed by atoms with Gasteiger partial charge >= 0.3 is 5.97 Å². The molecule has 12 heteroatoms. The van der Waals surface area contributed by atoms with Gasteiger partial charge in [-0.2, -0.15) is 24.7 Å². The van der Waals surface area contributed by atoms with Gasteiger partial charge in [-0.1, -0.05) is 18.2 Å². The molecular formula is C32H35FN6O4Si-. The number of rotatable bonds is 9. The second-order valence-corrected chi connectivity index (χ2v) is 17.9. The molecule has 4 heterocycles. The zero-order valence-electron chi connectivity index (χ0n) is 25.8. The minimum atomic E-state index is -1.35. The number of amides is 1. The molecule has 0 radical (unpaired) electrons. The van der Waals surface area contributed by atoms with Crippen molar-refractivity contribution in [2.75, 3.05) is 24.8 Å². The molecule has 1 aliphatic rings. The van der Waals surface area contributed by atoms with E-state index in [0.29, 0.717) is 40.3 Å². The molecule has 0 fully saturated rings. The van der Waals surface area contributed by atoms with Gasteiger partial charge < -0.3 is 9.47 Å². The summed E-state index contributed by atoms with van der Waals surface area (Å²) in [5.41, 5.74) is 0.994. The number of aromatic nitrogens is 5. The average Bonchev–Trinajstić information content (AvgIpc) is 3.43. The maximum atomic E-state index is 14.6. The molecule has 4 aromatic rings. The van der Waals surface area contributed by atoms with Crippen molar-refractivity contribution in [1.82, 2.24) is 24.7 Å². The number of benzene rings is 1. The summed E-state index contributed by atoms with van der Waals surface area (Å²) in [7, 11) is -1.35. The Morgan fingerprint density at radius 1 is 1.11 bits per heavy atom. The van der Waals surface area contributed by atoms with Crippen LogP contribution in [-0.2, 0) is 31.0 Å². The number of esters is 1. The Hall–Kier alpha value is -4.47. The molecule has 3 aromatic heterocycles. The molecule has 0 saturated heterocycles. The summed E-state index contributed by atoms with van der Waals surface area (Å²) in [6.07, 6.45) is 1.63. The van der Waals surface area contributed by atoms with Gasteiger partial charge in [0.05, 0.1) is 24.0 Å². The summed E-state index contributed by atoms with van der Waals surface area (Å²) in [4.78, 5) is 41.5. The molecule has 0 bridgehead atoms. The van der Waals surface area contributed by atoms with E-state index in [1.807, 2.05) is 6.07 Å². The Labute approximate surface area is 256 Å². The Kier molecular flexibility index (Phi) is 8.63. The molecule has 0 spiro atoms. The standard InChI is InChI=1S/C32H35FN6O4Si/c1-7-43-25(40)15-14-24-26-30(38(31(41)32(26,2)3)20-42-17-18-44(4,5)6)36-28(35-24)27-22-12-10-16-34-29(22)39(37-27)19-21-11-8-9-13-23(21)33/h8-13,16H,7,17-20H2,1-6H3/q-1. The lowest BCUT2D eigenvalue weighted by molar-refractivity contribution is -0.136. The highest BCUT2D eigenvalue weighted by Crippen LogP contribution is 2.43. The van der Waals surface area contributed by atoms with E-state index >= 15 is 0 Å². The Morgan fingerprint density at radius 2 is 1.89 bits per heavy atom. The summed E-state index contributed by atoms with van der Waals surface area (Å²) < 4.78 is 27.2. The third-order valence-corrected chi connectivity index (χ3v) is 9.03. The fourth-order valence-electron chi connectivity index (χ4n) is 4.96. The largest absolute Gasteiger partial charge is 0.456 e. The van der Waals surface area contributed by atoms with Gasteiger partial charge in [0.25, 0.3) is 0 Å². The Balaban J connectivity index is 1.65. The highest BCUT2D eigenvalue weighted by molar-refractivity contribution is 6.76. The monoisotopic (exact) mass is 614 g/mol. The van der Waals surface area contributed by atoms with Crippen LogP contribution in [0.2, 0.25) is 25.7 Å². The molecule has 0 saturated carbocycles. The van der Waals surface area contributed by atoms with Crippen molar-refractivity contribution in [2.24, 2.45) is 0 Å². The summed E-state index contributed by atoms with van der Waals surface area (Å²) >= 11 is 0. The van der Waals surface area contributed by atoms with Crippen LogP contribution in [0, 0.1) is 17.7 Å². The number of fused-ring (bicyclic) bond motifs is 2. The summed E-state index contributed by atoms with van der Waals surface area (Å²) in [6, 6.07) is 11.0. The van der Waals surface area contributed by atoms with Crippen LogP contribution in [0.1, 0.15) is 37.6 Å². The maximum absolute atomic E-state index is 14.6. The zero-order chi connectivity index (χ0) is 31.6. The predicted molar refractivity (Wildman–Crippen MR) is 167 cm³/mol. The molecule has 0 atom stereocenters. The van der Waals surface area contributed by atoms with Gasteiger partial charge in [-0.3, -0.25) is 9.69 Å². The molecule has 5 rings (SSSR count). The lowest BCUT2D eigenvalue weighted by Crippen LogP contribution is -2.38. The van der Waals surface area contributed by atoms with E-state index in [4.69, 9.17) is 24.5 Å². The zero-order valence-corrected chi connectivity index (χ0v) is 26.8. The first kappa shape index (κ1) is 31.0. The molecular weight excluding hydrogens is 579 g/mol. The number of carbonyl (C=O) groups is 2. The van der Waals surface area contributed by atoms with Crippen molar-refractivity contribution in [2.45, 2.75) is 58.4 Å². The normalized spacial score (nSPS) is 14.0. The van der Waals surface area contributed by atoms with E-state index in [9.17, 15) is 14.0 Å². The Bertz CT molecular complexity index is 1800. The van der Waals surface area contributed by atoms with Gasteiger partial charge in [0.2, 0.25) is 5.91 Å². The van der Waals surface area contributed by atoms with Crippen LogP contribution in [0.5, 0.6) is 0 Å². The molecule has 0 aliphatic carbocycles. The van der Waals surface area contributed by atoms with E-state index in [-0.39, 0.29) is 43.1 Å². The number of hydrogen-bond donors (Lipinski definition) is 0. The number of nitrogens with zero attached hydrogens (tertiary/aromatic N) is 6. The van der Waals surface area contributed by atoms with Crippen molar-refractivity contribution in [3.8, 4) is 23.4 Å². The van der Waals surface area contributed by atoms with E-state index in [0.717, 1.165) is 6.04 Å². The molecule has 1 aliphatic heterocycles. The minimum absolute atomic E-state index is 0.00493. The smallest absolute Gasteiger partial charge is 0.384 e. The van der Waals surface area contributed by atoms with Crippen molar-refractivity contribution >= 4 is 36.8 Å². The first-order chi connectivity index (χ1) is 20.9. The van der Waals surface area contributed by atoms with E-state index in [2.05, 4.69) is 36.5 Å². The summed E-state index contributed by atoms with van der Waals surface area (Å²) in [5.74, 6) is 4.56. The van der Waals surface area contributed by atoms with Crippen molar-refractivity contribution in [3.05, 3.63) is 65.2 Å². The third kappa shape index (κ3) is 6.25. The van der Waals surface area contributed by atoms with E-state index in [1.165, 1.54) is 11.0 Å². The quantitative estimate of drug-likeness (QED) is 0.113. The van der Waals surface area contributed by atoms with Crippen molar-refractivity contribution in [1.29, 1.82) is 0 Å². The van der Waals surface area contributed by atoms with Gasteiger partial charge in [-0.15, -0.1) is 14.1 Å². The molecule has 1 amide bonds. The van der Waals surface area contributed by atoms with E-state index < -0.39 is 19.5 Å². The van der Waals surface area contributed by atoms with Crippen LogP contribution in [0.25, 0.3) is 22.6 Å². The average molecular weight is 615 g/mol. The molecule has 229 valence electrons. The number of carbonyl (C=O) groups excluding carboxylic acids is 2. The van der Waals surface area contributed by atoms with Crippen LogP contribution in [0.3, 0.4) is 0 Å². The topological polar surface area (TPSA) is 112 Å². The molecule has 1 aromatic carbocycles. The van der Waals surface area contributed by atoms with Crippen LogP contribution in [-0.4, -0.2) is 64.6 Å². The number of hydrogen-bond acceptors (Lipinski definition) is 8. The fourth-order valence-corrected chi connectivity index (χ4v) is 5.72. The van der Waals surface area contributed by atoms with Gasteiger partial charge in [-0.05, 0) is 44.9 Å².